The van der Waals surface area contributed by atoms with Crippen molar-refractivity contribution in [3.63, 3.8) is 0 Å². The van der Waals surface area contributed by atoms with Gasteiger partial charge in [0.1, 0.15) is 30.2 Å². The van der Waals surface area contributed by atoms with Gasteiger partial charge in [-0.3, -0.25) is 4.79 Å². The molecule has 9 heteroatoms. The third-order valence-electron chi connectivity index (χ3n) is 5.09. The van der Waals surface area contributed by atoms with Crippen molar-refractivity contribution >= 4 is 11.7 Å². The minimum atomic E-state index is -4.51. The lowest BCUT2D eigenvalue weighted by Gasteiger charge is -2.37. The Morgan fingerprint density at radius 2 is 1.86 bits per heavy atom. The molecule has 0 aliphatic carbocycles. The highest BCUT2D eigenvalue weighted by atomic mass is 19.4. The van der Waals surface area contributed by atoms with Crippen LogP contribution in [0, 0.1) is 5.92 Å². The van der Waals surface area contributed by atoms with E-state index in [-0.39, 0.29) is 17.6 Å². The van der Waals surface area contributed by atoms with Crippen LogP contribution in [0.1, 0.15) is 11.3 Å². The predicted octanol–water partition coefficient (Wildman–Crippen LogP) is 2.40. The number of ether oxygens (including phenoxy) is 1. The molecule has 2 aromatic rings. The summed E-state index contributed by atoms with van der Waals surface area (Å²) in [5.74, 6) is 0.829. The number of halogens is 3. The number of rotatable bonds is 2. The van der Waals surface area contributed by atoms with Crippen LogP contribution >= 0.6 is 0 Å². The van der Waals surface area contributed by atoms with E-state index in [4.69, 9.17) is 4.74 Å². The number of nitrogens with zero attached hydrogens (tertiary/aromatic N) is 4. The van der Waals surface area contributed by atoms with Crippen LogP contribution in [0.5, 0.6) is 5.75 Å². The van der Waals surface area contributed by atoms with Crippen LogP contribution in [-0.2, 0) is 17.4 Å². The molecular formula is C19H19F3N4O2. The number of hydrogen-bond acceptors (Lipinski definition) is 5. The molecule has 1 fully saturated rings. The fraction of sp³-hybridized carbons (Fsp3) is 0.421. The smallest absolute Gasteiger partial charge is 0.433 e. The summed E-state index contributed by atoms with van der Waals surface area (Å²) in [5, 5.41) is 0. The monoisotopic (exact) mass is 392 g/mol. The van der Waals surface area contributed by atoms with E-state index in [1.165, 1.54) is 0 Å². The van der Waals surface area contributed by atoms with Gasteiger partial charge in [0.25, 0.3) is 0 Å². The van der Waals surface area contributed by atoms with Gasteiger partial charge in [-0.15, -0.1) is 0 Å². The number of fused-ring (bicyclic) bond motifs is 1. The van der Waals surface area contributed by atoms with Crippen molar-refractivity contribution in [2.45, 2.75) is 12.6 Å². The van der Waals surface area contributed by atoms with Gasteiger partial charge in [0.05, 0.1) is 5.92 Å². The Hall–Kier alpha value is -2.84. The molecule has 1 atom stereocenters. The summed E-state index contributed by atoms with van der Waals surface area (Å²) in [4.78, 5) is 23.6. The summed E-state index contributed by atoms with van der Waals surface area (Å²) >= 11 is 0. The summed E-state index contributed by atoms with van der Waals surface area (Å²) < 4.78 is 44.2. The third-order valence-corrected chi connectivity index (χ3v) is 5.09. The molecule has 0 N–H and O–H groups in total. The fourth-order valence-corrected chi connectivity index (χ4v) is 3.58. The Kier molecular flexibility index (Phi) is 4.82. The summed E-state index contributed by atoms with van der Waals surface area (Å²) in [6, 6.07) is 8.62. The summed E-state index contributed by atoms with van der Waals surface area (Å²) in [5.41, 5.74) is 0.0560. The number of para-hydroxylation sites is 1. The number of aromatic nitrogens is 2. The molecule has 2 aliphatic rings. The molecule has 0 saturated carbocycles. The lowest BCUT2D eigenvalue weighted by molar-refractivity contribution is -0.141. The molecule has 1 aromatic carbocycles. The largest absolute Gasteiger partial charge is 0.492 e. The van der Waals surface area contributed by atoms with E-state index in [1.54, 1.807) is 9.80 Å². The maximum Gasteiger partial charge on any atom is 0.433 e. The molecule has 28 heavy (non-hydrogen) atoms. The molecule has 0 radical (unpaired) electrons. The Morgan fingerprint density at radius 3 is 2.61 bits per heavy atom. The number of alkyl halides is 3. The van der Waals surface area contributed by atoms with Crippen LogP contribution in [0.25, 0.3) is 0 Å². The number of carbonyl (C=O) groups excluding carboxylic acids is 1. The molecule has 0 bridgehead atoms. The molecule has 148 valence electrons. The number of piperazine rings is 1. The van der Waals surface area contributed by atoms with Crippen LogP contribution in [0.2, 0.25) is 0 Å². The minimum Gasteiger partial charge on any atom is -0.492 e. The fourth-order valence-electron chi connectivity index (χ4n) is 3.58. The van der Waals surface area contributed by atoms with Crippen LogP contribution in [-0.4, -0.2) is 53.6 Å². The van der Waals surface area contributed by atoms with Gasteiger partial charge in [0.15, 0.2) is 0 Å². The van der Waals surface area contributed by atoms with Crippen molar-refractivity contribution in [3.05, 3.63) is 47.9 Å². The van der Waals surface area contributed by atoms with Crippen molar-refractivity contribution in [2.24, 2.45) is 5.92 Å². The molecule has 0 unspecified atom stereocenters. The quantitative estimate of drug-likeness (QED) is 0.786. The second kappa shape index (κ2) is 7.29. The number of amides is 1. The molecule has 3 heterocycles. The van der Waals surface area contributed by atoms with E-state index < -0.39 is 11.9 Å². The van der Waals surface area contributed by atoms with Gasteiger partial charge in [0, 0.05) is 32.2 Å². The minimum absolute atomic E-state index is 0.0211. The van der Waals surface area contributed by atoms with E-state index in [1.807, 2.05) is 24.3 Å². The van der Waals surface area contributed by atoms with E-state index in [9.17, 15) is 18.0 Å². The number of carbonyl (C=O) groups is 1. The Labute approximate surface area is 159 Å². The van der Waals surface area contributed by atoms with E-state index in [0.29, 0.717) is 39.2 Å². The topological polar surface area (TPSA) is 58.6 Å². The second-order valence-corrected chi connectivity index (χ2v) is 6.89. The summed E-state index contributed by atoms with van der Waals surface area (Å²) in [7, 11) is 0. The zero-order valence-electron chi connectivity index (χ0n) is 15.0. The average molecular weight is 392 g/mol. The first-order valence-electron chi connectivity index (χ1n) is 9.05. The van der Waals surface area contributed by atoms with E-state index >= 15 is 0 Å². The SMILES string of the molecule is O=C([C@@H]1COc2ccccc2C1)N1CCN(c2cc(C(F)(F)F)ncn2)CC1. The van der Waals surface area contributed by atoms with Crippen LogP contribution in [0.3, 0.4) is 0 Å². The highest BCUT2D eigenvalue weighted by Gasteiger charge is 2.34. The van der Waals surface area contributed by atoms with Gasteiger partial charge in [0.2, 0.25) is 5.91 Å². The molecule has 1 saturated heterocycles. The van der Waals surface area contributed by atoms with Crippen molar-refractivity contribution in [1.29, 1.82) is 0 Å². The third kappa shape index (κ3) is 3.74. The first kappa shape index (κ1) is 18.5. The van der Waals surface area contributed by atoms with Gasteiger partial charge in [-0.05, 0) is 18.1 Å². The van der Waals surface area contributed by atoms with Gasteiger partial charge in [-0.25, -0.2) is 9.97 Å². The van der Waals surface area contributed by atoms with Gasteiger partial charge < -0.3 is 14.5 Å². The number of anilines is 1. The Morgan fingerprint density at radius 1 is 1.11 bits per heavy atom. The lowest BCUT2D eigenvalue weighted by atomic mass is 9.95. The zero-order chi connectivity index (χ0) is 19.7. The van der Waals surface area contributed by atoms with Crippen molar-refractivity contribution in [1.82, 2.24) is 14.9 Å². The average Bonchev–Trinajstić information content (AvgIpc) is 2.72. The summed E-state index contributed by atoms with van der Waals surface area (Å²) in [6.07, 6.45) is -2.95. The lowest BCUT2D eigenvalue weighted by Crippen LogP contribution is -2.52. The maximum absolute atomic E-state index is 12.8. The molecule has 0 spiro atoms. The highest BCUT2D eigenvalue weighted by Crippen LogP contribution is 2.30. The maximum atomic E-state index is 12.8. The van der Waals surface area contributed by atoms with Crippen molar-refractivity contribution in [3.8, 4) is 5.75 Å². The standard InChI is InChI=1S/C19H19F3N4O2/c20-19(21,22)16-10-17(24-12-23-16)25-5-7-26(8-6-25)18(27)14-9-13-3-1-2-4-15(13)28-11-14/h1-4,10,12,14H,5-9,11H2/t14-/m0/s1. The molecule has 4 rings (SSSR count). The zero-order valence-corrected chi connectivity index (χ0v) is 15.0. The Balaban J connectivity index is 1.38. The van der Waals surface area contributed by atoms with Gasteiger partial charge in [-0.2, -0.15) is 13.2 Å². The van der Waals surface area contributed by atoms with Crippen LogP contribution in [0.4, 0.5) is 19.0 Å². The highest BCUT2D eigenvalue weighted by molar-refractivity contribution is 5.80. The molecule has 6 nitrogen and oxygen atoms in total. The van der Waals surface area contributed by atoms with Crippen molar-refractivity contribution < 1.29 is 22.7 Å². The van der Waals surface area contributed by atoms with Crippen LogP contribution < -0.4 is 9.64 Å². The normalized spacial score (nSPS) is 19.8. The van der Waals surface area contributed by atoms with E-state index in [2.05, 4.69) is 9.97 Å². The number of hydrogen-bond donors (Lipinski definition) is 0. The molecule has 2 aliphatic heterocycles. The predicted molar refractivity (Wildman–Crippen MR) is 95.0 cm³/mol. The molecule has 1 aromatic heterocycles. The second-order valence-electron chi connectivity index (χ2n) is 6.89. The van der Waals surface area contributed by atoms with Gasteiger partial charge in [-0.1, -0.05) is 18.2 Å². The first-order valence-corrected chi connectivity index (χ1v) is 9.05. The molecule has 1 amide bonds. The first-order chi connectivity index (χ1) is 13.4. The van der Waals surface area contributed by atoms with Crippen LogP contribution in [0.15, 0.2) is 36.7 Å². The molecular weight excluding hydrogens is 373 g/mol. The van der Waals surface area contributed by atoms with E-state index in [0.717, 1.165) is 23.7 Å². The van der Waals surface area contributed by atoms with Gasteiger partial charge >= 0.3 is 6.18 Å². The van der Waals surface area contributed by atoms with Crippen molar-refractivity contribution in [2.75, 3.05) is 37.7 Å². The summed E-state index contributed by atoms with van der Waals surface area (Å²) in [6.45, 7) is 2.05. The Bertz CT molecular complexity index is 866. The number of benzene rings is 1.